The van der Waals surface area contributed by atoms with E-state index in [0.29, 0.717) is 11.3 Å². The van der Waals surface area contributed by atoms with Crippen molar-refractivity contribution in [2.75, 3.05) is 11.1 Å². The van der Waals surface area contributed by atoms with Crippen LogP contribution in [-0.2, 0) is 9.84 Å². The zero-order valence-electron chi connectivity index (χ0n) is 11.2. The maximum atomic E-state index is 12.1. The molecule has 20 heavy (non-hydrogen) atoms. The minimum Gasteiger partial charge on any atom is -0.377 e. The molecule has 1 aromatic carbocycles. The third kappa shape index (κ3) is 2.41. The van der Waals surface area contributed by atoms with Gasteiger partial charge in [0.1, 0.15) is 0 Å². The van der Waals surface area contributed by atoms with Crippen molar-refractivity contribution in [1.82, 2.24) is 4.98 Å². The molecule has 0 radical (unpaired) electrons. The number of anilines is 1. The van der Waals surface area contributed by atoms with Gasteiger partial charge in [0.15, 0.2) is 9.84 Å². The van der Waals surface area contributed by atoms with Crippen LogP contribution in [0.3, 0.4) is 0 Å². The normalized spacial score (nSPS) is 20.1. The minimum absolute atomic E-state index is 0.0132. The highest BCUT2D eigenvalue weighted by Gasteiger charge is 2.29. The molecular weight excluding hydrogens is 272 g/mol. The van der Waals surface area contributed by atoms with Crippen LogP contribution in [0.5, 0.6) is 0 Å². The van der Waals surface area contributed by atoms with Crippen LogP contribution in [-0.4, -0.2) is 19.2 Å². The van der Waals surface area contributed by atoms with Crippen LogP contribution >= 0.6 is 0 Å². The maximum Gasteiger partial charge on any atom is 0.178 e. The van der Waals surface area contributed by atoms with Crippen LogP contribution in [0.25, 0.3) is 0 Å². The number of nitrogens with one attached hydrogen (secondary N) is 1. The molecule has 5 heteroatoms. The first-order valence-corrected chi connectivity index (χ1v) is 8.22. The molecule has 1 aliphatic heterocycles. The number of pyridine rings is 1. The number of fused-ring (bicyclic) bond motifs is 1. The van der Waals surface area contributed by atoms with Crippen LogP contribution in [0, 0.1) is 6.92 Å². The van der Waals surface area contributed by atoms with Gasteiger partial charge in [0.2, 0.25) is 0 Å². The zero-order valence-corrected chi connectivity index (χ0v) is 12.0. The molecule has 1 N–H and O–H groups in total. The summed E-state index contributed by atoms with van der Waals surface area (Å²) in [5.41, 5.74) is 2.72. The van der Waals surface area contributed by atoms with E-state index in [1.54, 1.807) is 18.3 Å². The second-order valence-electron chi connectivity index (χ2n) is 5.03. The molecule has 1 aliphatic rings. The predicted octanol–water partition coefficient (Wildman–Crippen LogP) is 2.72. The quantitative estimate of drug-likeness (QED) is 0.923. The van der Waals surface area contributed by atoms with E-state index in [1.165, 1.54) is 0 Å². The average Bonchev–Trinajstić information content (AvgIpc) is 2.45. The van der Waals surface area contributed by atoms with E-state index in [-0.39, 0.29) is 11.8 Å². The number of benzene rings is 1. The van der Waals surface area contributed by atoms with Gasteiger partial charge < -0.3 is 5.32 Å². The first-order valence-electron chi connectivity index (χ1n) is 6.57. The second kappa shape index (κ2) is 4.90. The lowest BCUT2D eigenvalue weighted by Crippen LogP contribution is -2.24. The van der Waals surface area contributed by atoms with E-state index in [1.807, 2.05) is 31.2 Å². The number of hydrogen-bond donors (Lipinski definition) is 1. The van der Waals surface area contributed by atoms with E-state index in [2.05, 4.69) is 10.3 Å². The molecule has 4 nitrogen and oxygen atoms in total. The monoisotopic (exact) mass is 288 g/mol. The first-order chi connectivity index (χ1) is 9.56. The highest BCUT2D eigenvalue weighted by molar-refractivity contribution is 7.91. The largest absolute Gasteiger partial charge is 0.377 e. The number of sulfone groups is 1. The van der Waals surface area contributed by atoms with Crippen molar-refractivity contribution in [1.29, 1.82) is 0 Å². The predicted molar refractivity (Wildman–Crippen MR) is 78.4 cm³/mol. The van der Waals surface area contributed by atoms with Crippen molar-refractivity contribution in [2.45, 2.75) is 24.3 Å². The van der Waals surface area contributed by atoms with Gasteiger partial charge in [0.05, 0.1) is 28.6 Å². The van der Waals surface area contributed by atoms with E-state index < -0.39 is 9.84 Å². The Hall–Kier alpha value is -1.88. The summed E-state index contributed by atoms with van der Waals surface area (Å²) in [6, 6.07) is 11.1. The molecule has 1 unspecified atom stereocenters. The summed E-state index contributed by atoms with van der Waals surface area (Å²) >= 11 is 0. The lowest BCUT2D eigenvalue weighted by molar-refractivity contribution is 0.576. The molecule has 0 saturated carbocycles. The fraction of sp³-hybridized carbons (Fsp3) is 0.267. The van der Waals surface area contributed by atoms with Gasteiger partial charge in [-0.3, -0.25) is 4.98 Å². The Morgan fingerprint density at radius 1 is 1.20 bits per heavy atom. The molecule has 0 amide bonds. The fourth-order valence-electron chi connectivity index (χ4n) is 2.49. The van der Waals surface area contributed by atoms with Crippen molar-refractivity contribution in [3.05, 3.63) is 53.9 Å². The molecule has 2 heterocycles. The van der Waals surface area contributed by atoms with Crippen molar-refractivity contribution >= 4 is 15.5 Å². The van der Waals surface area contributed by atoms with Crippen LogP contribution < -0.4 is 5.32 Å². The fourth-order valence-corrected chi connectivity index (χ4v) is 4.12. The Balaban J connectivity index is 1.94. The molecule has 0 spiro atoms. The Morgan fingerprint density at radius 2 is 2.00 bits per heavy atom. The Labute approximate surface area is 118 Å². The minimum atomic E-state index is -3.13. The molecule has 1 aromatic heterocycles. The Morgan fingerprint density at radius 3 is 2.75 bits per heavy atom. The van der Waals surface area contributed by atoms with Gasteiger partial charge >= 0.3 is 0 Å². The molecule has 1 atom stereocenters. The van der Waals surface area contributed by atoms with Gasteiger partial charge in [-0.15, -0.1) is 0 Å². The van der Waals surface area contributed by atoms with E-state index >= 15 is 0 Å². The van der Waals surface area contributed by atoms with E-state index in [9.17, 15) is 8.42 Å². The van der Waals surface area contributed by atoms with Crippen LogP contribution in [0.4, 0.5) is 5.69 Å². The van der Waals surface area contributed by atoms with Crippen molar-refractivity contribution in [3.63, 3.8) is 0 Å². The summed E-state index contributed by atoms with van der Waals surface area (Å²) in [5, 5.41) is 3.38. The van der Waals surface area contributed by atoms with Gasteiger partial charge in [-0.1, -0.05) is 18.2 Å². The molecule has 0 fully saturated rings. The van der Waals surface area contributed by atoms with E-state index in [4.69, 9.17) is 0 Å². The number of rotatable bonds is 2. The van der Waals surface area contributed by atoms with Crippen LogP contribution in [0.15, 0.2) is 47.5 Å². The second-order valence-corrected chi connectivity index (χ2v) is 7.11. The van der Waals surface area contributed by atoms with Crippen LogP contribution in [0.1, 0.15) is 23.7 Å². The number of nitrogens with zero attached hydrogens (tertiary/aromatic N) is 1. The number of aromatic nitrogens is 1. The number of aryl methyl sites for hydroxylation is 1. The Bertz CT molecular complexity index is 724. The summed E-state index contributed by atoms with van der Waals surface area (Å²) in [5.74, 6) is 0.182. The van der Waals surface area contributed by atoms with Crippen molar-refractivity contribution in [3.8, 4) is 0 Å². The average molecular weight is 288 g/mol. The molecule has 2 aromatic rings. The van der Waals surface area contributed by atoms with Gasteiger partial charge in [-0.25, -0.2) is 8.42 Å². The highest BCUT2D eigenvalue weighted by atomic mass is 32.2. The smallest absolute Gasteiger partial charge is 0.178 e. The lowest BCUT2D eigenvalue weighted by Gasteiger charge is -2.27. The first kappa shape index (κ1) is 13.1. The van der Waals surface area contributed by atoms with Crippen LogP contribution in [0.2, 0.25) is 0 Å². The SMILES string of the molecule is Cc1ccc(NC2CCS(=O)(=O)c3ccccc32)cn1. The summed E-state index contributed by atoms with van der Waals surface area (Å²) in [6.07, 6.45) is 2.36. The molecule has 0 aliphatic carbocycles. The summed E-state index contributed by atoms with van der Waals surface area (Å²) < 4.78 is 24.2. The van der Waals surface area contributed by atoms with Gasteiger partial charge in [-0.05, 0) is 37.1 Å². The Kier molecular flexibility index (Phi) is 3.22. The third-order valence-corrected chi connectivity index (χ3v) is 5.37. The summed E-state index contributed by atoms with van der Waals surface area (Å²) in [7, 11) is -3.13. The molecule has 3 rings (SSSR count). The molecule has 104 valence electrons. The summed E-state index contributed by atoms with van der Waals surface area (Å²) in [4.78, 5) is 4.70. The lowest BCUT2D eigenvalue weighted by atomic mass is 10.0. The number of hydrogen-bond acceptors (Lipinski definition) is 4. The van der Waals surface area contributed by atoms with Crippen molar-refractivity contribution in [2.24, 2.45) is 0 Å². The third-order valence-electron chi connectivity index (χ3n) is 3.56. The molecular formula is C15H16N2O2S. The van der Waals surface area contributed by atoms with Crippen molar-refractivity contribution < 1.29 is 8.42 Å². The highest BCUT2D eigenvalue weighted by Crippen LogP contribution is 2.34. The van der Waals surface area contributed by atoms with Gasteiger partial charge in [-0.2, -0.15) is 0 Å². The van der Waals surface area contributed by atoms with Gasteiger partial charge in [0.25, 0.3) is 0 Å². The standard InChI is InChI=1S/C15H16N2O2S/c1-11-6-7-12(10-16-11)17-14-8-9-20(18,19)15-5-3-2-4-13(14)15/h2-7,10,14,17H,8-9H2,1H3. The summed E-state index contributed by atoms with van der Waals surface area (Å²) in [6.45, 7) is 1.94. The topological polar surface area (TPSA) is 59.1 Å². The van der Waals surface area contributed by atoms with E-state index in [0.717, 1.165) is 16.9 Å². The molecule has 0 bridgehead atoms. The maximum absolute atomic E-state index is 12.1. The molecule has 0 saturated heterocycles. The zero-order chi connectivity index (χ0) is 14.2. The van der Waals surface area contributed by atoms with Gasteiger partial charge in [0, 0.05) is 5.69 Å².